The molecule has 0 aromatic carbocycles. The van der Waals surface area contributed by atoms with Gasteiger partial charge in [0.05, 0.1) is 12.9 Å². The van der Waals surface area contributed by atoms with Crippen molar-refractivity contribution < 1.29 is 9.84 Å². The van der Waals surface area contributed by atoms with Gasteiger partial charge in [-0.15, -0.1) is 0 Å². The Morgan fingerprint density at radius 2 is 2.62 bits per heavy atom. The zero-order valence-corrected chi connectivity index (χ0v) is 4.76. The van der Waals surface area contributed by atoms with Crippen molar-refractivity contribution in [3.63, 3.8) is 0 Å². The standard InChI is InChI=1S/C6H10O2/c7-3-1-6-2-4-8-5-6/h5,7H,1-4H2. The minimum absolute atomic E-state index is 0.245. The number of hydrogen-bond acceptors (Lipinski definition) is 2. The van der Waals surface area contributed by atoms with Crippen LogP contribution in [-0.4, -0.2) is 18.3 Å². The van der Waals surface area contributed by atoms with Crippen LogP contribution in [0.15, 0.2) is 11.8 Å². The molecule has 0 radical (unpaired) electrons. The van der Waals surface area contributed by atoms with Crippen molar-refractivity contribution in [1.29, 1.82) is 0 Å². The van der Waals surface area contributed by atoms with Crippen molar-refractivity contribution in [2.24, 2.45) is 0 Å². The van der Waals surface area contributed by atoms with E-state index in [4.69, 9.17) is 9.84 Å². The van der Waals surface area contributed by atoms with Gasteiger partial charge in [0.15, 0.2) is 0 Å². The van der Waals surface area contributed by atoms with E-state index in [1.54, 1.807) is 6.26 Å². The third-order valence-electron chi connectivity index (χ3n) is 1.22. The minimum atomic E-state index is 0.245. The lowest BCUT2D eigenvalue weighted by atomic mass is 10.2. The molecule has 0 atom stereocenters. The van der Waals surface area contributed by atoms with E-state index >= 15 is 0 Å². The number of rotatable bonds is 2. The van der Waals surface area contributed by atoms with Crippen LogP contribution in [0, 0.1) is 0 Å². The van der Waals surface area contributed by atoms with Gasteiger partial charge in [-0.2, -0.15) is 0 Å². The molecular weight excluding hydrogens is 104 g/mol. The summed E-state index contributed by atoms with van der Waals surface area (Å²) in [6.07, 6.45) is 3.52. The molecule has 0 saturated heterocycles. The predicted molar refractivity (Wildman–Crippen MR) is 30.4 cm³/mol. The van der Waals surface area contributed by atoms with Crippen LogP contribution in [0.1, 0.15) is 12.8 Å². The fourth-order valence-electron chi connectivity index (χ4n) is 0.753. The maximum absolute atomic E-state index is 8.43. The molecule has 2 nitrogen and oxygen atoms in total. The molecule has 0 aromatic rings. The van der Waals surface area contributed by atoms with Gasteiger partial charge in [0.1, 0.15) is 0 Å². The quantitative estimate of drug-likeness (QED) is 0.571. The highest BCUT2D eigenvalue weighted by molar-refractivity contribution is 5.01. The number of hydrogen-bond donors (Lipinski definition) is 1. The first kappa shape index (κ1) is 5.63. The van der Waals surface area contributed by atoms with Gasteiger partial charge in [-0.25, -0.2) is 0 Å². The Morgan fingerprint density at radius 1 is 1.75 bits per heavy atom. The van der Waals surface area contributed by atoms with Crippen LogP contribution in [0.4, 0.5) is 0 Å². The van der Waals surface area contributed by atoms with E-state index in [0.29, 0.717) is 0 Å². The summed E-state index contributed by atoms with van der Waals surface area (Å²) in [5.74, 6) is 0. The highest BCUT2D eigenvalue weighted by Gasteiger charge is 2.02. The summed E-state index contributed by atoms with van der Waals surface area (Å²) in [5.41, 5.74) is 1.23. The van der Waals surface area contributed by atoms with Gasteiger partial charge in [-0.1, -0.05) is 0 Å². The molecule has 0 amide bonds. The fourth-order valence-corrected chi connectivity index (χ4v) is 0.753. The summed E-state index contributed by atoms with van der Waals surface area (Å²) in [5, 5.41) is 8.43. The van der Waals surface area contributed by atoms with Crippen LogP contribution in [-0.2, 0) is 4.74 Å². The van der Waals surface area contributed by atoms with Gasteiger partial charge in [0.2, 0.25) is 0 Å². The Labute approximate surface area is 48.8 Å². The van der Waals surface area contributed by atoms with Crippen molar-refractivity contribution in [3.05, 3.63) is 11.8 Å². The lowest BCUT2D eigenvalue weighted by Crippen LogP contribution is -1.85. The molecule has 0 aliphatic carbocycles. The third-order valence-corrected chi connectivity index (χ3v) is 1.22. The number of ether oxygens (including phenoxy) is 1. The van der Waals surface area contributed by atoms with Crippen molar-refractivity contribution in [1.82, 2.24) is 0 Å². The zero-order valence-electron chi connectivity index (χ0n) is 4.76. The summed E-state index contributed by atoms with van der Waals surface area (Å²) in [6, 6.07) is 0. The second-order valence-electron chi connectivity index (χ2n) is 1.87. The molecular formula is C6H10O2. The first-order valence-electron chi connectivity index (χ1n) is 2.84. The minimum Gasteiger partial charge on any atom is -0.501 e. The first-order chi connectivity index (χ1) is 3.93. The highest BCUT2D eigenvalue weighted by Crippen LogP contribution is 2.12. The van der Waals surface area contributed by atoms with Crippen LogP contribution in [0.25, 0.3) is 0 Å². The maximum atomic E-state index is 8.43. The summed E-state index contributed by atoms with van der Waals surface area (Å²) >= 11 is 0. The van der Waals surface area contributed by atoms with Crippen LogP contribution in [0.5, 0.6) is 0 Å². The Hall–Kier alpha value is -0.500. The van der Waals surface area contributed by atoms with E-state index in [2.05, 4.69) is 0 Å². The van der Waals surface area contributed by atoms with Crippen LogP contribution >= 0.6 is 0 Å². The third kappa shape index (κ3) is 1.23. The average molecular weight is 114 g/mol. The summed E-state index contributed by atoms with van der Waals surface area (Å²) < 4.78 is 4.94. The smallest absolute Gasteiger partial charge is 0.0911 e. The lowest BCUT2D eigenvalue weighted by molar-refractivity contribution is 0.281. The molecule has 0 spiro atoms. The van der Waals surface area contributed by atoms with Gasteiger partial charge >= 0.3 is 0 Å². The molecule has 0 unspecified atom stereocenters. The van der Waals surface area contributed by atoms with Gasteiger partial charge in [-0.3, -0.25) is 0 Å². The van der Waals surface area contributed by atoms with E-state index in [0.717, 1.165) is 19.4 Å². The first-order valence-corrected chi connectivity index (χ1v) is 2.84. The summed E-state index contributed by atoms with van der Waals surface area (Å²) in [4.78, 5) is 0. The second-order valence-corrected chi connectivity index (χ2v) is 1.87. The van der Waals surface area contributed by atoms with Gasteiger partial charge in [0, 0.05) is 13.0 Å². The van der Waals surface area contributed by atoms with E-state index < -0.39 is 0 Å². The second kappa shape index (κ2) is 2.72. The fraction of sp³-hybridized carbons (Fsp3) is 0.667. The van der Waals surface area contributed by atoms with Crippen molar-refractivity contribution >= 4 is 0 Å². The molecule has 0 saturated carbocycles. The molecule has 1 N–H and O–H groups in total. The Bertz CT molecular complexity index is 96.7. The molecule has 0 aromatic heterocycles. The summed E-state index contributed by atoms with van der Waals surface area (Å²) in [7, 11) is 0. The maximum Gasteiger partial charge on any atom is 0.0911 e. The predicted octanol–water partition coefficient (Wildman–Crippen LogP) is 0.673. The van der Waals surface area contributed by atoms with E-state index in [1.807, 2.05) is 0 Å². The van der Waals surface area contributed by atoms with E-state index in [1.165, 1.54) is 5.57 Å². The molecule has 46 valence electrons. The van der Waals surface area contributed by atoms with Crippen LogP contribution < -0.4 is 0 Å². The molecule has 1 aliphatic rings. The molecule has 0 fully saturated rings. The van der Waals surface area contributed by atoms with E-state index in [-0.39, 0.29) is 6.61 Å². The van der Waals surface area contributed by atoms with Gasteiger partial charge in [0.25, 0.3) is 0 Å². The molecule has 2 heteroatoms. The zero-order chi connectivity index (χ0) is 5.82. The van der Waals surface area contributed by atoms with Gasteiger partial charge < -0.3 is 9.84 Å². The number of aliphatic hydroxyl groups excluding tert-OH is 1. The van der Waals surface area contributed by atoms with Crippen LogP contribution in [0.3, 0.4) is 0 Å². The molecule has 0 bridgehead atoms. The normalized spacial score (nSPS) is 17.9. The Morgan fingerprint density at radius 3 is 3.12 bits per heavy atom. The monoisotopic (exact) mass is 114 g/mol. The summed E-state index contributed by atoms with van der Waals surface area (Å²) in [6.45, 7) is 1.05. The van der Waals surface area contributed by atoms with Crippen molar-refractivity contribution in [3.8, 4) is 0 Å². The average Bonchev–Trinajstić information content (AvgIpc) is 2.19. The largest absolute Gasteiger partial charge is 0.501 e. The SMILES string of the molecule is OCCC1=COCC1. The molecule has 1 heterocycles. The highest BCUT2D eigenvalue weighted by atomic mass is 16.5. The Balaban J connectivity index is 2.23. The molecule has 1 aliphatic heterocycles. The van der Waals surface area contributed by atoms with Crippen molar-refractivity contribution in [2.75, 3.05) is 13.2 Å². The Kier molecular flexibility index (Phi) is 1.92. The van der Waals surface area contributed by atoms with E-state index in [9.17, 15) is 0 Å². The molecule has 8 heavy (non-hydrogen) atoms. The molecule has 1 rings (SSSR count). The van der Waals surface area contributed by atoms with Crippen molar-refractivity contribution in [2.45, 2.75) is 12.8 Å². The topological polar surface area (TPSA) is 29.5 Å². The lowest BCUT2D eigenvalue weighted by Gasteiger charge is -1.90. The van der Waals surface area contributed by atoms with Crippen LogP contribution in [0.2, 0.25) is 0 Å². The van der Waals surface area contributed by atoms with Gasteiger partial charge in [-0.05, 0) is 12.0 Å². The number of aliphatic hydroxyl groups is 1.